The summed E-state index contributed by atoms with van der Waals surface area (Å²) in [6.07, 6.45) is 7.76. The van der Waals surface area contributed by atoms with Gasteiger partial charge in [-0.2, -0.15) is 0 Å². The molecule has 0 aromatic carbocycles. The Balaban J connectivity index is 2.00. The average Bonchev–Trinajstić information content (AvgIpc) is 2.18. The van der Waals surface area contributed by atoms with Gasteiger partial charge in [0, 0.05) is 5.70 Å². The fraction of sp³-hybridized carbons (Fsp3) is 0.727. The largest absolute Gasteiger partial charge is 0.370 e. The van der Waals surface area contributed by atoms with Crippen molar-refractivity contribution >= 4 is 5.96 Å². The molecule has 3 rings (SSSR count). The van der Waals surface area contributed by atoms with Gasteiger partial charge in [0.15, 0.2) is 5.96 Å². The third kappa shape index (κ3) is 1.15. The molecule has 76 valence electrons. The van der Waals surface area contributed by atoms with E-state index >= 15 is 0 Å². The lowest BCUT2D eigenvalue weighted by atomic mass is 9.73. The molecule has 1 heterocycles. The van der Waals surface area contributed by atoms with E-state index in [4.69, 9.17) is 5.73 Å². The summed E-state index contributed by atoms with van der Waals surface area (Å²) in [7, 11) is 0. The molecular weight excluding hydrogens is 174 g/mol. The van der Waals surface area contributed by atoms with Gasteiger partial charge in [0.1, 0.15) is 0 Å². The molecule has 0 spiro atoms. The molecule has 2 aliphatic carbocycles. The van der Waals surface area contributed by atoms with E-state index in [0.717, 1.165) is 5.92 Å². The molecule has 0 aromatic heterocycles. The summed E-state index contributed by atoms with van der Waals surface area (Å²) in [5, 5.41) is 3.25. The molecule has 3 heteroatoms. The Hall–Kier alpha value is -0.990. The number of nitrogens with one attached hydrogen (secondary N) is 1. The molecule has 0 bridgehead atoms. The van der Waals surface area contributed by atoms with Crippen LogP contribution in [0.4, 0.5) is 0 Å². The lowest BCUT2D eigenvalue weighted by Crippen LogP contribution is -2.42. The summed E-state index contributed by atoms with van der Waals surface area (Å²) in [6, 6.07) is 0.422. The minimum atomic E-state index is 0.422. The number of nitrogens with zero attached hydrogens (tertiary/aromatic N) is 1. The van der Waals surface area contributed by atoms with E-state index in [1.54, 1.807) is 5.57 Å². The first-order valence-electron chi connectivity index (χ1n) is 5.68. The molecule has 1 fully saturated rings. The molecule has 0 aromatic rings. The van der Waals surface area contributed by atoms with E-state index in [1.807, 2.05) is 0 Å². The van der Waals surface area contributed by atoms with Gasteiger partial charge in [-0.05, 0) is 43.6 Å². The maximum Gasteiger partial charge on any atom is 0.193 e. The zero-order valence-electron chi connectivity index (χ0n) is 8.42. The third-order valence-corrected chi connectivity index (χ3v) is 3.73. The van der Waals surface area contributed by atoms with E-state index < -0.39 is 0 Å². The van der Waals surface area contributed by atoms with Crippen LogP contribution in [-0.2, 0) is 0 Å². The summed E-state index contributed by atoms with van der Waals surface area (Å²) < 4.78 is 0. The standard InChI is InChI=1S/C11H17N3/c12-11-13-8-5-1-3-7-4-2-6-9(14-11)10(7)8/h7-8H,1-6H2,(H3,12,13,14). The van der Waals surface area contributed by atoms with Crippen LogP contribution >= 0.6 is 0 Å². The van der Waals surface area contributed by atoms with Gasteiger partial charge in [-0.15, -0.1) is 0 Å². The second kappa shape index (κ2) is 3.01. The van der Waals surface area contributed by atoms with Crippen molar-refractivity contribution in [1.82, 2.24) is 5.32 Å². The van der Waals surface area contributed by atoms with Gasteiger partial charge in [-0.1, -0.05) is 6.42 Å². The molecule has 3 N–H and O–H groups in total. The predicted molar refractivity (Wildman–Crippen MR) is 56.8 cm³/mol. The second-order valence-electron chi connectivity index (χ2n) is 4.61. The normalized spacial score (nSPS) is 35.9. The van der Waals surface area contributed by atoms with Gasteiger partial charge in [0.2, 0.25) is 0 Å². The molecule has 3 aliphatic rings. The van der Waals surface area contributed by atoms with Crippen LogP contribution in [0.2, 0.25) is 0 Å². The van der Waals surface area contributed by atoms with Crippen LogP contribution in [0.5, 0.6) is 0 Å². The highest BCUT2D eigenvalue weighted by molar-refractivity contribution is 5.81. The molecule has 2 atom stereocenters. The number of guanidine groups is 1. The van der Waals surface area contributed by atoms with E-state index in [1.165, 1.54) is 44.2 Å². The molecule has 2 unspecified atom stereocenters. The summed E-state index contributed by atoms with van der Waals surface area (Å²) in [4.78, 5) is 4.51. The van der Waals surface area contributed by atoms with Crippen LogP contribution in [0.3, 0.4) is 0 Å². The van der Waals surface area contributed by atoms with Gasteiger partial charge >= 0.3 is 0 Å². The first-order chi connectivity index (χ1) is 6.84. The summed E-state index contributed by atoms with van der Waals surface area (Å²) >= 11 is 0. The lowest BCUT2D eigenvalue weighted by Gasteiger charge is -2.39. The highest BCUT2D eigenvalue weighted by atomic mass is 15.1. The molecular formula is C11H17N3. The number of hydrogen-bond donors (Lipinski definition) is 2. The van der Waals surface area contributed by atoms with Crippen molar-refractivity contribution in [2.24, 2.45) is 16.6 Å². The quantitative estimate of drug-likeness (QED) is 0.610. The Morgan fingerprint density at radius 3 is 3.00 bits per heavy atom. The van der Waals surface area contributed by atoms with Crippen molar-refractivity contribution in [2.75, 3.05) is 0 Å². The number of aliphatic imine (C=N–C) groups is 1. The number of rotatable bonds is 0. The van der Waals surface area contributed by atoms with Crippen molar-refractivity contribution in [2.45, 2.75) is 44.6 Å². The maximum absolute atomic E-state index is 5.78. The molecule has 0 amide bonds. The van der Waals surface area contributed by atoms with Gasteiger partial charge < -0.3 is 11.1 Å². The molecule has 0 saturated heterocycles. The topological polar surface area (TPSA) is 50.4 Å². The first kappa shape index (κ1) is 8.33. The fourth-order valence-corrected chi connectivity index (χ4v) is 3.18. The molecule has 14 heavy (non-hydrogen) atoms. The summed E-state index contributed by atoms with van der Waals surface area (Å²) in [5.74, 6) is 1.44. The van der Waals surface area contributed by atoms with Crippen LogP contribution in [0.1, 0.15) is 38.5 Å². The van der Waals surface area contributed by atoms with Crippen molar-refractivity contribution in [3.8, 4) is 0 Å². The number of hydrogen-bond acceptors (Lipinski definition) is 3. The van der Waals surface area contributed by atoms with E-state index in [9.17, 15) is 0 Å². The molecule has 1 saturated carbocycles. The van der Waals surface area contributed by atoms with Gasteiger partial charge in [-0.3, -0.25) is 0 Å². The van der Waals surface area contributed by atoms with E-state index in [-0.39, 0.29) is 0 Å². The van der Waals surface area contributed by atoms with Gasteiger partial charge in [0.05, 0.1) is 6.04 Å². The van der Waals surface area contributed by atoms with Gasteiger partial charge in [0.25, 0.3) is 0 Å². The summed E-state index contributed by atoms with van der Waals surface area (Å²) in [5.41, 5.74) is 8.78. The predicted octanol–water partition coefficient (Wildman–Crippen LogP) is 1.51. The smallest absolute Gasteiger partial charge is 0.193 e. The number of allylic oxidation sites excluding steroid dienone is 1. The first-order valence-corrected chi connectivity index (χ1v) is 5.68. The van der Waals surface area contributed by atoms with Gasteiger partial charge in [-0.25, -0.2) is 4.99 Å². The Morgan fingerprint density at radius 2 is 2.07 bits per heavy atom. The van der Waals surface area contributed by atoms with Crippen molar-refractivity contribution in [1.29, 1.82) is 0 Å². The van der Waals surface area contributed by atoms with Crippen molar-refractivity contribution in [3.05, 3.63) is 11.3 Å². The monoisotopic (exact) mass is 191 g/mol. The van der Waals surface area contributed by atoms with E-state index in [0.29, 0.717) is 12.0 Å². The number of nitrogens with two attached hydrogens (primary N) is 1. The molecule has 1 aliphatic heterocycles. The zero-order valence-corrected chi connectivity index (χ0v) is 8.42. The van der Waals surface area contributed by atoms with Crippen LogP contribution in [0, 0.1) is 5.92 Å². The van der Waals surface area contributed by atoms with Crippen molar-refractivity contribution in [3.63, 3.8) is 0 Å². The van der Waals surface area contributed by atoms with Crippen molar-refractivity contribution < 1.29 is 0 Å². The molecule has 3 nitrogen and oxygen atoms in total. The highest BCUT2D eigenvalue weighted by Crippen LogP contribution is 2.41. The SMILES string of the molecule is NC1=NC2CCCC3CCCC(=C32)N1. The van der Waals surface area contributed by atoms with Crippen LogP contribution in [0.15, 0.2) is 16.3 Å². The Morgan fingerprint density at radius 1 is 1.21 bits per heavy atom. The third-order valence-electron chi connectivity index (χ3n) is 3.73. The lowest BCUT2D eigenvalue weighted by molar-refractivity contribution is 0.359. The summed E-state index contributed by atoms with van der Waals surface area (Å²) in [6.45, 7) is 0. The highest BCUT2D eigenvalue weighted by Gasteiger charge is 2.34. The zero-order chi connectivity index (χ0) is 9.54. The van der Waals surface area contributed by atoms with Crippen LogP contribution < -0.4 is 11.1 Å². The second-order valence-corrected chi connectivity index (χ2v) is 4.61. The minimum Gasteiger partial charge on any atom is -0.370 e. The Bertz CT molecular complexity index is 316. The molecule has 0 radical (unpaired) electrons. The Labute approximate surface area is 84.5 Å². The average molecular weight is 191 g/mol. The maximum atomic E-state index is 5.78. The Kier molecular flexibility index (Phi) is 1.79. The van der Waals surface area contributed by atoms with Crippen LogP contribution in [-0.4, -0.2) is 12.0 Å². The van der Waals surface area contributed by atoms with E-state index in [2.05, 4.69) is 10.3 Å². The van der Waals surface area contributed by atoms with Crippen LogP contribution in [0.25, 0.3) is 0 Å². The minimum absolute atomic E-state index is 0.422. The fourth-order valence-electron chi connectivity index (χ4n) is 3.18.